The summed E-state index contributed by atoms with van der Waals surface area (Å²) in [6.45, 7) is 10.2. The number of hydroxylamine groups is 2. The Morgan fingerprint density at radius 3 is 2.22 bits per heavy atom. The van der Waals surface area contributed by atoms with Gasteiger partial charge in [-0.15, -0.1) is 0 Å². The molecule has 0 rings (SSSR count). The molecule has 108 valence electrons. The van der Waals surface area contributed by atoms with Crippen molar-refractivity contribution in [3.63, 3.8) is 0 Å². The van der Waals surface area contributed by atoms with Crippen LogP contribution in [0.4, 0.5) is 0 Å². The van der Waals surface area contributed by atoms with E-state index < -0.39 is 0 Å². The van der Waals surface area contributed by atoms with E-state index in [-0.39, 0.29) is 11.4 Å². The molecule has 0 aliphatic carbocycles. The quantitative estimate of drug-likeness (QED) is 0.471. The highest BCUT2D eigenvalue weighted by Crippen LogP contribution is 2.08. The Morgan fingerprint density at radius 1 is 1.17 bits per heavy atom. The van der Waals surface area contributed by atoms with Crippen LogP contribution in [0, 0.1) is 0 Å². The van der Waals surface area contributed by atoms with Crippen molar-refractivity contribution in [1.29, 1.82) is 0 Å². The Kier molecular flexibility index (Phi) is 8.91. The van der Waals surface area contributed by atoms with Gasteiger partial charge >= 0.3 is 0 Å². The van der Waals surface area contributed by atoms with Crippen molar-refractivity contribution in [2.45, 2.75) is 33.2 Å². The van der Waals surface area contributed by atoms with E-state index in [4.69, 9.17) is 9.47 Å². The molecule has 0 saturated heterocycles. The molecule has 2 N–H and O–H groups in total. The molecule has 0 heterocycles. The van der Waals surface area contributed by atoms with E-state index in [1.807, 2.05) is 20.8 Å². The first-order valence-electron chi connectivity index (χ1n) is 6.20. The first-order chi connectivity index (χ1) is 8.34. The van der Waals surface area contributed by atoms with Crippen LogP contribution in [-0.4, -0.2) is 61.2 Å². The van der Waals surface area contributed by atoms with Crippen molar-refractivity contribution in [3.05, 3.63) is 0 Å². The van der Waals surface area contributed by atoms with Gasteiger partial charge in [-0.05, 0) is 20.8 Å². The molecule has 0 spiro atoms. The molecule has 0 aromatic heterocycles. The van der Waals surface area contributed by atoms with Crippen molar-refractivity contribution in [2.75, 3.05) is 39.5 Å². The van der Waals surface area contributed by atoms with Crippen molar-refractivity contribution < 1.29 is 19.5 Å². The molecular formula is C12H26N2O4. The Labute approximate surface area is 109 Å². The zero-order valence-corrected chi connectivity index (χ0v) is 11.9. The van der Waals surface area contributed by atoms with Crippen LogP contribution in [0.2, 0.25) is 0 Å². The number of ether oxygens (including phenoxy) is 2. The van der Waals surface area contributed by atoms with Gasteiger partial charge in [0.1, 0.15) is 0 Å². The third kappa shape index (κ3) is 10.5. The standard InChI is InChI=1S/C12H26N2O4/c1-11(15)13-5-7-17-9-10-18-8-6-14(16)12(2,3)4/h16H,5-10H2,1-4H3,(H,13,15). The summed E-state index contributed by atoms with van der Waals surface area (Å²) in [5.74, 6) is -0.0555. The summed E-state index contributed by atoms with van der Waals surface area (Å²) in [5, 5.41) is 13.5. The summed E-state index contributed by atoms with van der Waals surface area (Å²) in [5.41, 5.74) is -0.266. The second-order valence-electron chi connectivity index (χ2n) is 5.00. The van der Waals surface area contributed by atoms with Crippen molar-refractivity contribution >= 4 is 5.91 Å². The molecule has 6 heteroatoms. The molecule has 0 atom stereocenters. The van der Waals surface area contributed by atoms with Crippen LogP contribution < -0.4 is 5.32 Å². The van der Waals surface area contributed by atoms with Gasteiger partial charge in [-0.1, -0.05) is 0 Å². The van der Waals surface area contributed by atoms with Gasteiger partial charge in [-0.25, -0.2) is 0 Å². The number of amides is 1. The summed E-state index contributed by atoms with van der Waals surface area (Å²) in [6.07, 6.45) is 0. The molecular weight excluding hydrogens is 236 g/mol. The Morgan fingerprint density at radius 2 is 1.72 bits per heavy atom. The molecule has 18 heavy (non-hydrogen) atoms. The lowest BCUT2D eigenvalue weighted by Crippen LogP contribution is -2.40. The number of carbonyl (C=O) groups is 1. The number of carbonyl (C=O) groups excluding carboxylic acids is 1. The van der Waals surface area contributed by atoms with Gasteiger partial charge in [0.15, 0.2) is 0 Å². The third-order valence-corrected chi connectivity index (χ3v) is 2.21. The minimum absolute atomic E-state index is 0.0555. The first kappa shape index (κ1) is 17.3. The fourth-order valence-corrected chi connectivity index (χ4v) is 1.11. The predicted molar refractivity (Wildman–Crippen MR) is 68.6 cm³/mol. The third-order valence-electron chi connectivity index (χ3n) is 2.21. The first-order valence-corrected chi connectivity index (χ1v) is 6.20. The van der Waals surface area contributed by atoms with E-state index in [1.54, 1.807) is 0 Å². The average molecular weight is 262 g/mol. The van der Waals surface area contributed by atoms with Gasteiger partial charge in [-0.3, -0.25) is 4.79 Å². The number of rotatable bonds is 9. The average Bonchev–Trinajstić information content (AvgIpc) is 2.24. The minimum Gasteiger partial charge on any atom is -0.378 e. The van der Waals surface area contributed by atoms with Crippen molar-refractivity contribution in [2.24, 2.45) is 0 Å². The number of hydrogen-bond acceptors (Lipinski definition) is 5. The minimum atomic E-state index is -0.266. The van der Waals surface area contributed by atoms with Gasteiger partial charge in [0.25, 0.3) is 0 Å². The van der Waals surface area contributed by atoms with Crippen LogP contribution in [0.3, 0.4) is 0 Å². The topological polar surface area (TPSA) is 71.0 Å². The fraction of sp³-hybridized carbons (Fsp3) is 0.917. The van der Waals surface area contributed by atoms with Gasteiger partial charge < -0.3 is 20.0 Å². The normalized spacial score (nSPS) is 11.9. The maximum Gasteiger partial charge on any atom is 0.216 e. The highest BCUT2D eigenvalue weighted by molar-refractivity contribution is 5.72. The molecule has 1 amide bonds. The van der Waals surface area contributed by atoms with Gasteiger partial charge in [0, 0.05) is 25.6 Å². The summed E-state index contributed by atoms with van der Waals surface area (Å²) in [7, 11) is 0. The predicted octanol–water partition coefficient (Wildman–Crippen LogP) is 0.645. The number of nitrogens with one attached hydrogen (secondary N) is 1. The van der Waals surface area contributed by atoms with Crippen LogP contribution in [0.15, 0.2) is 0 Å². The molecule has 0 aromatic rings. The summed E-state index contributed by atoms with van der Waals surface area (Å²) >= 11 is 0. The summed E-state index contributed by atoms with van der Waals surface area (Å²) < 4.78 is 10.6. The van der Waals surface area contributed by atoms with Crippen LogP contribution in [0.5, 0.6) is 0 Å². The summed E-state index contributed by atoms with van der Waals surface area (Å²) in [4.78, 5) is 10.5. The number of nitrogens with zero attached hydrogens (tertiary/aromatic N) is 1. The van der Waals surface area contributed by atoms with E-state index in [0.29, 0.717) is 39.5 Å². The summed E-state index contributed by atoms with van der Waals surface area (Å²) in [6, 6.07) is 0. The molecule has 0 aromatic carbocycles. The number of hydrogen-bond donors (Lipinski definition) is 2. The maximum atomic E-state index is 10.5. The lowest BCUT2D eigenvalue weighted by Gasteiger charge is -2.29. The van der Waals surface area contributed by atoms with Crippen molar-refractivity contribution in [1.82, 2.24) is 10.4 Å². The highest BCUT2D eigenvalue weighted by Gasteiger charge is 2.18. The second-order valence-corrected chi connectivity index (χ2v) is 5.00. The molecule has 0 saturated carbocycles. The zero-order valence-electron chi connectivity index (χ0n) is 11.9. The molecule has 0 fully saturated rings. The highest BCUT2D eigenvalue weighted by atomic mass is 16.5. The van der Waals surface area contributed by atoms with E-state index in [0.717, 1.165) is 0 Å². The maximum absolute atomic E-state index is 10.5. The lowest BCUT2D eigenvalue weighted by molar-refractivity contribution is -0.164. The molecule has 0 radical (unpaired) electrons. The van der Waals surface area contributed by atoms with Gasteiger partial charge in [-0.2, -0.15) is 5.06 Å². The van der Waals surface area contributed by atoms with E-state index in [1.165, 1.54) is 12.0 Å². The molecule has 6 nitrogen and oxygen atoms in total. The van der Waals surface area contributed by atoms with Crippen molar-refractivity contribution in [3.8, 4) is 0 Å². The molecule has 0 aliphatic rings. The van der Waals surface area contributed by atoms with Gasteiger partial charge in [0.05, 0.1) is 26.4 Å². The second kappa shape index (κ2) is 9.27. The molecule has 0 bridgehead atoms. The molecule has 0 unspecified atom stereocenters. The smallest absolute Gasteiger partial charge is 0.216 e. The monoisotopic (exact) mass is 262 g/mol. The lowest BCUT2D eigenvalue weighted by atomic mass is 10.1. The van der Waals surface area contributed by atoms with Gasteiger partial charge in [0.2, 0.25) is 5.91 Å². The van der Waals surface area contributed by atoms with Crippen LogP contribution in [-0.2, 0) is 14.3 Å². The van der Waals surface area contributed by atoms with E-state index >= 15 is 0 Å². The van der Waals surface area contributed by atoms with Crippen LogP contribution in [0.1, 0.15) is 27.7 Å². The van der Waals surface area contributed by atoms with E-state index in [2.05, 4.69) is 5.32 Å². The SMILES string of the molecule is CC(=O)NCCOCCOCCN(O)C(C)(C)C. The van der Waals surface area contributed by atoms with E-state index in [9.17, 15) is 10.0 Å². The Balaban J connectivity index is 3.24. The fourth-order valence-electron chi connectivity index (χ4n) is 1.11. The Bertz CT molecular complexity index is 229. The van der Waals surface area contributed by atoms with Crippen LogP contribution >= 0.6 is 0 Å². The largest absolute Gasteiger partial charge is 0.378 e. The Hall–Kier alpha value is -0.690. The van der Waals surface area contributed by atoms with Crippen LogP contribution in [0.25, 0.3) is 0 Å². The zero-order chi connectivity index (χ0) is 14.0. The molecule has 0 aliphatic heterocycles.